The predicted molar refractivity (Wildman–Crippen MR) is 115 cm³/mol. The number of cyclic esters (lactones) is 1. The molecule has 0 bridgehead atoms. The van der Waals surface area contributed by atoms with Gasteiger partial charge in [-0.1, -0.05) is 25.4 Å². The van der Waals surface area contributed by atoms with Gasteiger partial charge < -0.3 is 14.2 Å². The van der Waals surface area contributed by atoms with Crippen LogP contribution in [0.3, 0.4) is 0 Å². The molecule has 0 fully saturated rings. The maximum atomic E-state index is 13.4. The first kappa shape index (κ1) is 24.5. The van der Waals surface area contributed by atoms with Crippen LogP contribution in [0.1, 0.15) is 42.5 Å². The molecule has 1 aromatic carbocycles. The van der Waals surface area contributed by atoms with E-state index in [2.05, 4.69) is 0 Å². The summed E-state index contributed by atoms with van der Waals surface area (Å²) in [7, 11) is -3.37. The van der Waals surface area contributed by atoms with E-state index >= 15 is 0 Å². The number of halogens is 1. The van der Waals surface area contributed by atoms with Gasteiger partial charge in [-0.15, -0.1) is 4.52 Å². The molecule has 0 aliphatic carbocycles. The van der Waals surface area contributed by atoms with E-state index in [0.717, 1.165) is 22.0 Å². The standard InChI is InChI=1S/C22H18ClN2O6P.Na/c1-3-12-13-7-11(23)5-6-17(13)24-19-14(12)9-25-18(19)8-16-15(20(25)26)10-30-21(27)22(16,4-2)31-32(28)29;/h5-8H,3-4,9-10H2,1-2H3;/q;+1/t22-;/m0./s1. The van der Waals surface area contributed by atoms with Gasteiger partial charge in [0.25, 0.3) is 5.56 Å². The summed E-state index contributed by atoms with van der Waals surface area (Å²) < 4.78 is 23.3. The monoisotopic (exact) mass is 495 g/mol. The number of carbonyl (C=O) groups is 1. The first-order valence-electron chi connectivity index (χ1n) is 10.2. The van der Waals surface area contributed by atoms with Gasteiger partial charge in [-0.05, 0) is 47.2 Å². The first-order valence-corrected chi connectivity index (χ1v) is 11.7. The van der Waals surface area contributed by atoms with Crippen LogP contribution in [0.15, 0.2) is 29.1 Å². The van der Waals surface area contributed by atoms with Crippen LogP contribution in [0.25, 0.3) is 22.3 Å². The summed E-state index contributed by atoms with van der Waals surface area (Å²) in [5, 5.41) is 1.53. The summed E-state index contributed by atoms with van der Waals surface area (Å²) in [6.07, 6.45) is 0.701. The fourth-order valence-corrected chi connectivity index (χ4v) is 5.53. The molecule has 0 saturated heterocycles. The molecule has 2 aliphatic heterocycles. The van der Waals surface area contributed by atoms with Crippen molar-refractivity contribution in [3.63, 3.8) is 0 Å². The number of hydrogen-bond donors (Lipinski definition) is 0. The third-order valence-electron chi connectivity index (χ3n) is 6.32. The number of rotatable bonds is 4. The molecule has 0 saturated carbocycles. The number of esters is 1. The fraction of sp³-hybridized carbons (Fsp3) is 0.318. The van der Waals surface area contributed by atoms with Gasteiger partial charge in [0.1, 0.15) is 6.61 Å². The number of ether oxygens (including phenoxy) is 1. The number of benzene rings is 1. The Bertz CT molecular complexity index is 1410. The Morgan fingerprint density at radius 1 is 1.27 bits per heavy atom. The molecular weight excluding hydrogens is 478 g/mol. The number of fused-ring (bicyclic) bond motifs is 5. The molecule has 2 aliphatic rings. The normalized spacial score (nSPS) is 18.8. The zero-order valence-corrected chi connectivity index (χ0v) is 22.0. The third kappa shape index (κ3) is 3.60. The van der Waals surface area contributed by atoms with Gasteiger partial charge in [0.05, 0.1) is 29.0 Å². The van der Waals surface area contributed by atoms with E-state index < -0.39 is 19.8 Å². The zero-order chi connectivity index (χ0) is 22.8. The van der Waals surface area contributed by atoms with Crippen LogP contribution in [-0.4, -0.2) is 15.5 Å². The molecular formula is C22H18ClN2NaO6P+. The van der Waals surface area contributed by atoms with Crippen molar-refractivity contribution >= 4 is 36.7 Å². The van der Waals surface area contributed by atoms with E-state index in [0.29, 0.717) is 29.4 Å². The smallest absolute Gasteiger partial charge is 0.566 e. The van der Waals surface area contributed by atoms with Gasteiger partial charge >= 0.3 is 43.8 Å². The van der Waals surface area contributed by atoms with E-state index in [9.17, 15) is 19.0 Å². The number of pyridine rings is 2. The second kappa shape index (κ2) is 8.86. The van der Waals surface area contributed by atoms with Crippen LogP contribution in [-0.2, 0) is 43.8 Å². The second-order valence-electron chi connectivity index (χ2n) is 7.82. The number of aromatic nitrogens is 2. The Balaban J connectivity index is 0.00000259. The van der Waals surface area contributed by atoms with Crippen molar-refractivity contribution in [1.29, 1.82) is 0 Å². The maximum Gasteiger partial charge on any atom is 1.00 e. The Labute approximate surface area is 217 Å². The first-order chi connectivity index (χ1) is 15.3. The molecule has 5 rings (SSSR count). The SMILES string of the molecule is CCc1c2c(nc3ccc(Cl)cc13)-c1cc3c(c(=O)n1C2)COC(=O)[C@@]3(CC)O[P+](=O)[O-].[Na+]. The molecule has 8 nitrogen and oxygen atoms in total. The molecule has 33 heavy (non-hydrogen) atoms. The number of nitrogens with zero attached hydrogens (tertiary/aromatic N) is 2. The van der Waals surface area contributed by atoms with Crippen LogP contribution in [0.5, 0.6) is 0 Å². The van der Waals surface area contributed by atoms with E-state index in [1.807, 2.05) is 19.1 Å². The van der Waals surface area contributed by atoms with Crippen LogP contribution in [0, 0.1) is 0 Å². The number of aryl methyl sites for hydroxylation is 1. The van der Waals surface area contributed by atoms with Crippen LogP contribution in [0.2, 0.25) is 5.02 Å². The average Bonchev–Trinajstić information content (AvgIpc) is 3.12. The Hall–Kier alpha value is -1.64. The van der Waals surface area contributed by atoms with Crippen LogP contribution < -0.4 is 40.0 Å². The van der Waals surface area contributed by atoms with Crippen molar-refractivity contribution in [2.45, 2.75) is 45.4 Å². The van der Waals surface area contributed by atoms with E-state index in [4.69, 9.17) is 25.8 Å². The number of hydrogen-bond acceptors (Lipinski definition) is 7. The van der Waals surface area contributed by atoms with Gasteiger partial charge in [0, 0.05) is 21.5 Å². The fourth-order valence-electron chi connectivity index (χ4n) is 4.80. The average molecular weight is 496 g/mol. The molecule has 0 amide bonds. The van der Waals surface area contributed by atoms with E-state index in [-0.39, 0.29) is 59.3 Å². The third-order valence-corrected chi connectivity index (χ3v) is 7.02. The van der Waals surface area contributed by atoms with Crippen molar-refractivity contribution in [2.24, 2.45) is 0 Å². The molecule has 164 valence electrons. The van der Waals surface area contributed by atoms with E-state index in [1.54, 1.807) is 23.6 Å². The minimum atomic E-state index is -3.37. The molecule has 11 heteroatoms. The minimum Gasteiger partial charge on any atom is -0.566 e. The Morgan fingerprint density at radius 3 is 2.70 bits per heavy atom. The molecule has 3 aromatic rings. The topological polar surface area (TPSA) is 111 Å². The molecule has 1 unspecified atom stereocenters. The van der Waals surface area contributed by atoms with Gasteiger partial charge in [0.2, 0.25) is 5.60 Å². The van der Waals surface area contributed by atoms with Crippen LogP contribution >= 0.6 is 19.9 Å². The molecule has 0 N–H and O–H groups in total. The van der Waals surface area contributed by atoms with Crippen LogP contribution in [0.4, 0.5) is 0 Å². The molecule has 2 aromatic heterocycles. The Kier molecular flexibility index (Phi) is 6.57. The van der Waals surface area contributed by atoms with Crippen molar-refractivity contribution in [3.8, 4) is 11.4 Å². The quantitative estimate of drug-likeness (QED) is 0.228. The summed E-state index contributed by atoms with van der Waals surface area (Å²) in [5.41, 5.74) is 2.03. The number of carbonyl (C=O) groups excluding carboxylic acids is 1. The second-order valence-corrected chi connectivity index (χ2v) is 8.88. The molecule has 0 radical (unpaired) electrons. The van der Waals surface area contributed by atoms with Gasteiger partial charge in [0.15, 0.2) is 0 Å². The Morgan fingerprint density at radius 2 is 2.03 bits per heavy atom. The van der Waals surface area contributed by atoms with Crippen molar-refractivity contribution in [1.82, 2.24) is 9.55 Å². The van der Waals surface area contributed by atoms with E-state index in [1.165, 1.54) is 0 Å². The van der Waals surface area contributed by atoms with Gasteiger partial charge in [-0.3, -0.25) is 4.79 Å². The van der Waals surface area contributed by atoms with Gasteiger partial charge in [-0.2, -0.15) is 0 Å². The summed E-state index contributed by atoms with van der Waals surface area (Å²) in [6.45, 7) is 3.72. The van der Waals surface area contributed by atoms with Crippen molar-refractivity contribution in [3.05, 3.63) is 61.9 Å². The molecule has 2 atom stereocenters. The summed E-state index contributed by atoms with van der Waals surface area (Å²) in [4.78, 5) is 42.3. The van der Waals surface area contributed by atoms with Crippen molar-refractivity contribution in [2.75, 3.05) is 0 Å². The summed E-state index contributed by atoms with van der Waals surface area (Å²) >= 11 is 6.21. The predicted octanol–water partition coefficient (Wildman–Crippen LogP) is 0.341. The molecule has 0 spiro atoms. The van der Waals surface area contributed by atoms with Gasteiger partial charge in [-0.25, -0.2) is 9.78 Å². The zero-order valence-electron chi connectivity index (χ0n) is 18.3. The maximum absolute atomic E-state index is 13.4. The largest absolute Gasteiger partial charge is 1.00 e. The summed E-state index contributed by atoms with van der Waals surface area (Å²) in [5.74, 6) is -0.829. The summed E-state index contributed by atoms with van der Waals surface area (Å²) in [6, 6.07) is 7.11. The molecule has 4 heterocycles. The minimum absolute atomic E-state index is 0. The van der Waals surface area contributed by atoms with Crippen molar-refractivity contribution < 1.29 is 53.1 Å².